The van der Waals surface area contributed by atoms with E-state index in [9.17, 15) is 4.79 Å². The molecule has 0 unspecified atom stereocenters. The SMILES string of the molecule is C[C@@H]1CNC[C@H]1C(=O)NCc1cncs1. The minimum atomic E-state index is 0.123. The smallest absolute Gasteiger partial charge is 0.225 e. The summed E-state index contributed by atoms with van der Waals surface area (Å²) in [6, 6.07) is 0. The molecule has 1 fully saturated rings. The number of carbonyl (C=O) groups is 1. The standard InChI is InChI=1S/C10H15N3OS/c1-7-2-11-5-9(7)10(14)13-4-8-3-12-6-15-8/h3,6-7,9,11H,2,4-5H2,1H3,(H,13,14)/t7-,9-/m1/s1. The quantitative estimate of drug-likeness (QED) is 0.792. The largest absolute Gasteiger partial charge is 0.351 e. The Bertz CT molecular complexity index is 325. The third-order valence-electron chi connectivity index (χ3n) is 2.77. The molecule has 4 nitrogen and oxygen atoms in total. The van der Waals surface area contributed by atoms with Gasteiger partial charge in [0.2, 0.25) is 5.91 Å². The molecule has 1 aliphatic heterocycles. The third kappa shape index (κ3) is 2.54. The summed E-state index contributed by atoms with van der Waals surface area (Å²) in [5.41, 5.74) is 1.78. The zero-order valence-corrected chi connectivity index (χ0v) is 9.51. The lowest BCUT2D eigenvalue weighted by Gasteiger charge is -2.13. The van der Waals surface area contributed by atoms with Crippen molar-refractivity contribution in [2.24, 2.45) is 11.8 Å². The van der Waals surface area contributed by atoms with Crippen LogP contribution in [0.3, 0.4) is 0 Å². The van der Waals surface area contributed by atoms with Gasteiger partial charge in [0.15, 0.2) is 0 Å². The molecule has 1 aromatic heterocycles. The van der Waals surface area contributed by atoms with Gasteiger partial charge in [-0.3, -0.25) is 9.78 Å². The average molecular weight is 225 g/mol. The van der Waals surface area contributed by atoms with Crippen LogP contribution in [0, 0.1) is 11.8 Å². The van der Waals surface area contributed by atoms with E-state index in [1.165, 1.54) is 0 Å². The Morgan fingerprint density at radius 2 is 2.60 bits per heavy atom. The number of aromatic nitrogens is 1. The number of carbonyl (C=O) groups excluding carboxylic acids is 1. The second kappa shape index (κ2) is 4.72. The van der Waals surface area contributed by atoms with Crippen molar-refractivity contribution in [2.75, 3.05) is 13.1 Å². The molecule has 0 saturated carbocycles. The minimum Gasteiger partial charge on any atom is -0.351 e. The number of hydrogen-bond acceptors (Lipinski definition) is 4. The maximum atomic E-state index is 11.8. The van der Waals surface area contributed by atoms with Gasteiger partial charge < -0.3 is 10.6 Å². The third-order valence-corrected chi connectivity index (χ3v) is 3.55. The Morgan fingerprint density at radius 1 is 1.73 bits per heavy atom. The Hall–Kier alpha value is -0.940. The minimum absolute atomic E-state index is 0.123. The summed E-state index contributed by atoms with van der Waals surface area (Å²) in [7, 11) is 0. The van der Waals surface area contributed by atoms with Crippen molar-refractivity contribution in [1.29, 1.82) is 0 Å². The van der Waals surface area contributed by atoms with Crippen LogP contribution in [0.1, 0.15) is 11.8 Å². The van der Waals surface area contributed by atoms with Crippen LogP contribution in [-0.4, -0.2) is 24.0 Å². The summed E-state index contributed by atoms with van der Waals surface area (Å²) in [5.74, 6) is 0.713. The van der Waals surface area contributed by atoms with Gasteiger partial charge in [-0.1, -0.05) is 6.92 Å². The molecular weight excluding hydrogens is 210 g/mol. The number of amides is 1. The van der Waals surface area contributed by atoms with Crippen molar-refractivity contribution in [2.45, 2.75) is 13.5 Å². The molecule has 0 aliphatic carbocycles. The number of rotatable bonds is 3. The van der Waals surface area contributed by atoms with Gasteiger partial charge in [-0.05, 0) is 12.5 Å². The first-order valence-corrected chi connectivity index (χ1v) is 6.01. The molecule has 2 rings (SSSR count). The summed E-state index contributed by atoms with van der Waals surface area (Å²) < 4.78 is 0. The zero-order valence-electron chi connectivity index (χ0n) is 8.69. The van der Waals surface area contributed by atoms with E-state index in [0.717, 1.165) is 18.0 Å². The first kappa shape index (κ1) is 10.6. The summed E-state index contributed by atoms with van der Waals surface area (Å²) in [6.45, 7) is 4.46. The second-order valence-electron chi connectivity index (χ2n) is 3.93. The molecule has 5 heteroatoms. The molecule has 0 aromatic carbocycles. The van der Waals surface area contributed by atoms with E-state index in [2.05, 4.69) is 22.5 Å². The molecule has 2 atom stereocenters. The first-order valence-electron chi connectivity index (χ1n) is 5.13. The Balaban J connectivity index is 1.82. The molecule has 0 radical (unpaired) electrons. The predicted octanol–water partition coefficient (Wildman–Crippen LogP) is 0.615. The molecule has 1 amide bonds. The van der Waals surface area contributed by atoms with E-state index >= 15 is 0 Å². The van der Waals surface area contributed by atoms with Crippen molar-refractivity contribution in [3.63, 3.8) is 0 Å². The highest BCUT2D eigenvalue weighted by Crippen LogP contribution is 2.16. The molecule has 0 spiro atoms. The Kier molecular flexibility index (Phi) is 3.33. The predicted molar refractivity (Wildman–Crippen MR) is 59.5 cm³/mol. The van der Waals surface area contributed by atoms with Crippen LogP contribution in [0.5, 0.6) is 0 Å². The summed E-state index contributed by atoms with van der Waals surface area (Å²) in [6.07, 6.45) is 1.79. The Morgan fingerprint density at radius 3 is 3.20 bits per heavy atom. The molecule has 0 bridgehead atoms. The van der Waals surface area contributed by atoms with Gasteiger partial charge in [-0.15, -0.1) is 11.3 Å². The molecule has 2 N–H and O–H groups in total. The van der Waals surface area contributed by atoms with Gasteiger partial charge in [0.1, 0.15) is 0 Å². The van der Waals surface area contributed by atoms with E-state index in [1.54, 1.807) is 23.0 Å². The van der Waals surface area contributed by atoms with E-state index < -0.39 is 0 Å². The van der Waals surface area contributed by atoms with Crippen molar-refractivity contribution in [3.8, 4) is 0 Å². The molecule has 15 heavy (non-hydrogen) atoms. The summed E-state index contributed by atoms with van der Waals surface area (Å²) >= 11 is 1.57. The normalized spacial score (nSPS) is 25.4. The van der Waals surface area contributed by atoms with Crippen LogP contribution in [0.25, 0.3) is 0 Å². The van der Waals surface area contributed by atoms with Crippen LogP contribution in [0.15, 0.2) is 11.7 Å². The molecular formula is C10H15N3OS. The van der Waals surface area contributed by atoms with E-state index in [4.69, 9.17) is 0 Å². The van der Waals surface area contributed by atoms with Crippen LogP contribution < -0.4 is 10.6 Å². The lowest BCUT2D eigenvalue weighted by atomic mass is 9.97. The highest BCUT2D eigenvalue weighted by molar-refractivity contribution is 7.09. The number of nitrogens with one attached hydrogen (secondary N) is 2. The van der Waals surface area contributed by atoms with Crippen LogP contribution in [0.4, 0.5) is 0 Å². The molecule has 2 heterocycles. The zero-order chi connectivity index (χ0) is 10.7. The lowest BCUT2D eigenvalue weighted by Crippen LogP contribution is -2.33. The van der Waals surface area contributed by atoms with Gasteiger partial charge in [0, 0.05) is 17.6 Å². The van der Waals surface area contributed by atoms with Gasteiger partial charge in [0.25, 0.3) is 0 Å². The van der Waals surface area contributed by atoms with Gasteiger partial charge in [-0.25, -0.2) is 0 Å². The van der Waals surface area contributed by atoms with Crippen molar-refractivity contribution >= 4 is 17.2 Å². The van der Waals surface area contributed by atoms with Crippen LogP contribution in [-0.2, 0) is 11.3 Å². The topological polar surface area (TPSA) is 54.0 Å². The van der Waals surface area contributed by atoms with Crippen molar-refractivity contribution in [1.82, 2.24) is 15.6 Å². The summed E-state index contributed by atoms with van der Waals surface area (Å²) in [4.78, 5) is 16.9. The van der Waals surface area contributed by atoms with E-state index in [0.29, 0.717) is 12.5 Å². The summed E-state index contributed by atoms with van der Waals surface area (Å²) in [5, 5.41) is 6.17. The number of thiazole rings is 1. The Labute approximate surface area is 93.1 Å². The molecule has 1 aliphatic rings. The maximum absolute atomic E-state index is 11.8. The first-order chi connectivity index (χ1) is 7.27. The van der Waals surface area contributed by atoms with Crippen LogP contribution >= 0.6 is 11.3 Å². The molecule has 1 aromatic rings. The van der Waals surface area contributed by atoms with Crippen molar-refractivity contribution in [3.05, 3.63) is 16.6 Å². The van der Waals surface area contributed by atoms with Crippen molar-refractivity contribution < 1.29 is 4.79 Å². The highest BCUT2D eigenvalue weighted by Gasteiger charge is 2.29. The number of hydrogen-bond donors (Lipinski definition) is 2. The fourth-order valence-electron chi connectivity index (χ4n) is 1.80. The monoisotopic (exact) mass is 225 g/mol. The fraction of sp³-hybridized carbons (Fsp3) is 0.600. The van der Waals surface area contributed by atoms with E-state index in [1.807, 2.05) is 0 Å². The lowest BCUT2D eigenvalue weighted by molar-refractivity contribution is -0.125. The van der Waals surface area contributed by atoms with Gasteiger partial charge in [-0.2, -0.15) is 0 Å². The molecule has 82 valence electrons. The highest BCUT2D eigenvalue weighted by atomic mass is 32.1. The van der Waals surface area contributed by atoms with E-state index in [-0.39, 0.29) is 11.8 Å². The average Bonchev–Trinajstić information content (AvgIpc) is 2.84. The van der Waals surface area contributed by atoms with Gasteiger partial charge >= 0.3 is 0 Å². The number of nitrogens with zero attached hydrogens (tertiary/aromatic N) is 1. The van der Waals surface area contributed by atoms with Crippen LogP contribution in [0.2, 0.25) is 0 Å². The maximum Gasteiger partial charge on any atom is 0.225 e. The fourth-order valence-corrected chi connectivity index (χ4v) is 2.33. The second-order valence-corrected chi connectivity index (χ2v) is 4.90. The van der Waals surface area contributed by atoms with Gasteiger partial charge in [0.05, 0.1) is 18.0 Å². The molecule has 1 saturated heterocycles.